The van der Waals surface area contributed by atoms with E-state index in [-0.39, 0.29) is 18.9 Å². The number of likely N-dealkylation sites (tertiary alicyclic amines) is 1. The molecule has 0 radical (unpaired) electrons. The molecule has 2 rings (SSSR count). The molecule has 3 atom stereocenters. The Morgan fingerprint density at radius 3 is 2.57 bits per heavy atom. The minimum Gasteiger partial charge on any atom is -0.435 e. The van der Waals surface area contributed by atoms with E-state index in [4.69, 9.17) is 4.52 Å². The molecule has 1 aromatic rings. The molecule has 1 heterocycles. The van der Waals surface area contributed by atoms with Gasteiger partial charge in [0.1, 0.15) is 12.3 Å². The summed E-state index contributed by atoms with van der Waals surface area (Å²) in [7, 11) is -3.05. The summed E-state index contributed by atoms with van der Waals surface area (Å²) in [5.74, 6) is 0. The van der Waals surface area contributed by atoms with Crippen LogP contribution in [0.2, 0.25) is 0 Å². The molecular weight excluding hydrogens is 379 g/mol. The number of urea groups is 1. The van der Waals surface area contributed by atoms with E-state index in [0.29, 0.717) is 25.6 Å². The summed E-state index contributed by atoms with van der Waals surface area (Å²) in [6.45, 7) is 4.10. The third kappa shape index (κ3) is 5.43. The predicted molar refractivity (Wildman–Crippen MR) is 109 cm³/mol. The molecule has 1 aromatic carbocycles. The Morgan fingerprint density at radius 2 is 2.00 bits per heavy atom. The molecule has 0 aromatic heterocycles. The number of amides is 3. The van der Waals surface area contributed by atoms with Crippen LogP contribution in [0, 0.1) is 0 Å². The lowest BCUT2D eigenvalue weighted by Crippen LogP contribution is -2.62. The average molecular weight is 411 g/mol. The summed E-state index contributed by atoms with van der Waals surface area (Å²) >= 11 is 0. The molecule has 7 nitrogen and oxygen atoms in total. The summed E-state index contributed by atoms with van der Waals surface area (Å²) in [4.78, 5) is 24.5. The third-order valence-electron chi connectivity index (χ3n) is 5.48. The number of benzene rings is 1. The first kappa shape index (κ1) is 22.6. The van der Waals surface area contributed by atoms with Gasteiger partial charge in [0.15, 0.2) is 0 Å². The van der Waals surface area contributed by atoms with Crippen molar-refractivity contribution in [2.75, 3.05) is 25.6 Å². The molecule has 2 N–H and O–H groups in total. The van der Waals surface area contributed by atoms with Crippen LogP contribution in [0.5, 0.6) is 0 Å². The third-order valence-corrected chi connectivity index (χ3v) is 7.85. The van der Waals surface area contributed by atoms with Gasteiger partial charge in [-0.25, -0.2) is 4.79 Å². The molecule has 3 amide bonds. The van der Waals surface area contributed by atoms with Gasteiger partial charge in [-0.2, -0.15) is 4.79 Å². The Kier molecular flexibility index (Phi) is 8.23. The normalized spacial score (nSPS) is 23.9. The van der Waals surface area contributed by atoms with Crippen LogP contribution in [0.3, 0.4) is 0 Å². The SMILES string of the molecule is CCOP(=O)(CCCCc1ccccc1)CNC(=O)[N+]1(C(=O)O)CCC[C@H]1C. The maximum Gasteiger partial charge on any atom is 0.523 e. The number of carbonyl (C=O) groups is 2. The first-order chi connectivity index (χ1) is 13.3. The van der Waals surface area contributed by atoms with Crippen molar-refractivity contribution in [3.05, 3.63) is 35.9 Å². The fraction of sp³-hybridized carbons (Fsp3) is 0.600. The van der Waals surface area contributed by atoms with Gasteiger partial charge in [0.25, 0.3) is 0 Å². The van der Waals surface area contributed by atoms with Gasteiger partial charge < -0.3 is 9.63 Å². The molecule has 0 bridgehead atoms. The number of hydrogen-bond donors (Lipinski definition) is 2. The van der Waals surface area contributed by atoms with Crippen LogP contribution in [-0.4, -0.2) is 53.4 Å². The van der Waals surface area contributed by atoms with Gasteiger partial charge in [0.2, 0.25) is 7.37 Å². The van der Waals surface area contributed by atoms with Crippen molar-refractivity contribution < 1.29 is 28.3 Å². The van der Waals surface area contributed by atoms with Gasteiger partial charge in [-0.1, -0.05) is 30.3 Å². The van der Waals surface area contributed by atoms with Crippen molar-refractivity contribution in [3.63, 3.8) is 0 Å². The van der Waals surface area contributed by atoms with E-state index in [1.807, 2.05) is 18.2 Å². The van der Waals surface area contributed by atoms with Gasteiger partial charge in [0, 0.05) is 19.0 Å². The van der Waals surface area contributed by atoms with Crippen molar-refractivity contribution >= 4 is 19.5 Å². The standard InChI is InChI=1S/C20H31N2O5P/c1-3-27-28(26,15-8-7-13-18-11-5-4-6-12-18)16-21-19(23)22(20(24)25)14-9-10-17(22)2/h4-6,11-12,17H,3,7-10,13-16H2,1-2H3,(H-,21,23,24,25)/p+1/t17-,22?,28?/m1/s1. The molecule has 1 aliphatic rings. The van der Waals surface area contributed by atoms with Crippen molar-refractivity contribution in [1.29, 1.82) is 0 Å². The predicted octanol–water partition coefficient (Wildman–Crippen LogP) is 4.67. The minimum absolute atomic E-state index is 0.120. The molecule has 28 heavy (non-hydrogen) atoms. The van der Waals surface area contributed by atoms with Crippen LogP contribution < -0.4 is 5.32 Å². The van der Waals surface area contributed by atoms with Gasteiger partial charge in [-0.05, 0) is 38.7 Å². The highest BCUT2D eigenvalue weighted by molar-refractivity contribution is 7.58. The maximum absolute atomic E-state index is 13.1. The zero-order valence-corrected chi connectivity index (χ0v) is 17.7. The van der Waals surface area contributed by atoms with Crippen LogP contribution in [0.15, 0.2) is 30.3 Å². The van der Waals surface area contributed by atoms with E-state index in [1.54, 1.807) is 13.8 Å². The van der Waals surface area contributed by atoms with E-state index in [9.17, 15) is 19.3 Å². The van der Waals surface area contributed by atoms with Crippen LogP contribution in [0.25, 0.3) is 0 Å². The van der Waals surface area contributed by atoms with E-state index in [0.717, 1.165) is 19.3 Å². The Balaban J connectivity index is 1.90. The number of aryl methyl sites for hydroxylation is 1. The lowest BCUT2D eigenvalue weighted by Gasteiger charge is -2.30. The minimum atomic E-state index is -3.05. The molecule has 0 aliphatic carbocycles. The van der Waals surface area contributed by atoms with Crippen LogP contribution in [-0.2, 0) is 15.5 Å². The van der Waals surface area contributed by atoms with E-state index < -0.39 is 24.0 Å². The monoisotopic (exact) mass is 411 g/mol. The number of nitrogens with zero attached hydrogens (tertiary/aromatic N) is 1. The molecule has 2 unspecified atom stereocenters. The van der Waals surface area contributed by atoms with E-state index in [2.05, 4.69) is 17.4 Å². The second-order valence-electron chi connectivity index (χ2n) is 7.40. The second-order valence-corrected chi connectivity index (χ2v) is 10.1. The Bertz CT molecular complexity index is 712. The van der Waals surface area contributed by atoms with Crippen molar-refractivity contribution in [2.45, 2.75) is 52.0 Å². The zero-order chi connectivity index (χ0) is 20.6. The number of nitrogens with one attached hydrogen (secondary N) is 1. The molecule has 0 spiro atoms. The quantitative estimate of drug-likeness (QED) is 0.350. The summed E-state index contributed by atoms with van der Waals surface area (Å²) < 4.78 is 18.0. The van der Waals surface area contributed by atoms with Gasteiger partial charge in [-0.3, -0.25) is 9.88 Å². The van der Waals surface area contributed by atoms with Gasteiger partial charge in [-0.15, -0.1) is 4.48 Å². The van der Waals surface area contributed by atoms with Gasteiger partial charge in [0.05, 0.1) is 13.2 Å². The van der Waals surface area contributed by atoms with Crippen LogP contribution in [0.1, 0.15) is 45.1 Å². The summed E-state index contributed by atoms with van der Waals surface area (Å²) in [5.41, 5.74) is 1.23. The zero-order valence-electron chi connectivity index (χ0n) is 16.8. The lowest BCUT2D eigenvalue weighted by atomic mass is 10.1. The topological polar surface area (TPSA) is 92.7 Å². The number of carbonyl (C=O) groups excluding carboxylic acids is 1. The van der Waals surface area contributed by atoms with Crippen LogP contribution >= 0.6 is 7.37 Å². The number of rotatable bonds is 9. The van der Waals surface area contributed by atoms with Crippen molar-refractivity contribution in [1.82, 2.24) is 5.32 Å². The first-order valence-corrected chi connectivity index (χ1v) is 12.0. The number of quaternary nitrogens is 1. The fourth-order valence-corrected chi connectivity index (χ4v) is 5.76. The lowest BCUT2D eigenvalue weighted by molar-refractivity contribution is -0.787. The molecule has 1 saturated heterocycles. The molecular formula is C20H32N2O5P+. The maximum atomic E-state index is 13.1. The number of hydrogen-bond acceptors (Lipinski definition) is 4. The summed E-state index contributed by atoms with van der Waals surface area (Å²) in [6, 6.07) is 9.20. The van der Waals surface area contributed by atoms with Gasteiger partial charge >= 0.3 is 12.1 Å². The molecule has 8 heteroatoms. The highest BCUT2D eigenvalue weighted by Crippen LogP contribution is 2.46. The Hall–Kier alpha value is -1.69. The highest BCUT2D eigenvalue weighted by Gasteiger charge is 2.53. The molecule has 0 saturated carbocycles. The summed E-state index contributed by atoms with van der Waals surface area (Å²) in [5, 5.41) is 12.3. The largest absolute Gasteiger partial charge is 0.523 e. The molecule has 1 aliphatic heterocycles. The Labute approximate surface area is 167 Å². The van der Waals surface area contributed by atoms with Crippen molar-refractivity contribution in [3.8, 4) is 0 Å². The molecule has 1 fully saturated rings. The highest BCUT2D eigenvalue weighted by atomic mass is 31.2. The molecule has 156 valence electrons. The average Bonchev–Trinajstić information content (AvgIpc) is 3.07. The second kappa shape index (κ2) is 10.2. The van der Waals surface area contributed by atoms with E-state index >= 15 is 0 Å². The Morgan fingerprint density at radius 1 is 1.29 bits per heavy atom. The summed E-state index contributed by atoms with van der Waals surface area (Å²) in [6.07, 6.45) is 2.96. The first-order valence-electron chi connectivity index (χ1n) is 10.0. The van der Waals surface area contributed by atoms with Crippen molar-refractivity contribution in [2.24, 2.45) is 0 Å². The number of carboxylic acid groups (broad SMARTS) is 1. The smallest absolute Gasteiger partial charge is 0.435 e. The number of unbranched alkanes of at least 4 members (excludes halogenated alkanes) is 1. The number of imide groups is 1. The van der Waals surface area contributed by atoms with Crippen LogP contribution in [0.4, 0.5) is 9.59 Å². The van der Waals surface area contributed by atoms with E-state index in [1.165, 1.54) is 5.56 Å². The fourth-order valence-electron chi connectivity index (χ4n) is 3.83.